The van der Waals surface area contributed by atoms with Gasteiger partial charge in [0.25, 0.3) is 0 Å². The van der Waals surface area contributed by atoms with Crippen LogP contribution in [0.5, 0.6) is 0 Å². The highest BCUT2D eigenvalue weighted by molar-refractivity contribution is 7.99. The average molecular weight is 306 g/mol. The van der Waals surface area contributed by atoms with Crippen LogP contribution in [0.2, 0.25) is 0 Å². The van der Waals surface area contributed by atoms with Crippen LogP contribution in [-0.2, 0) is 16.0 Å². The summed E-state index contributed by atoms with van der Waals surface area (Å²) in [5, 5.41) is 0.562. The maximum Gasteiger partial charge on any atom is 0.227 e. The van der Waals surface area contributed by atoms with Gasteiger partial charge in [0.05, 0.1) is 6.42 Å². The summed E-state index contributed by atoms with van der Waals surface area (Å²) in [6.45, 7) is 6.89. The van der Waals surface area contributed by atoms with Crippen LogP contribution < -0.4 is 0 Å². The van der Waals surface area contributed by atoms with Gasteiger partial charge in [-0.25, -0.2) is 0 Å². The van der Waals surface area contributed by atoms with Crippen LogP contribution in [0, 0.1) is 0 Å². The maximum absolute atomic E-state index is 12.2. The average Bonchev–Trinajstić information content (AvgIpc) is 2.49. The zero-order valence-corrected chi connectivity index (χ0v) is 13.4. The molecule has 5 heteroatoms. The number of nitrogens with zero attached hydrogens (tertiary/aromatic N) is 2. The molecule has 0 radical (unpaired) electrons. The van der Waals surface area contributed by atoms with E-state index >= 15 is 0 Å². The molecule has 1 fully saturated rings. The third-order valence-electron chi connectivity index (χ3n) is 3.47. The summed E-state index contributed by atoms with van der Waals surface area (Å²) in [4.78, 5) is 27.7. The molecule has 1 saturated heterocycles. The van der Waals surface area contributed by atoms with E-state index < -0.39 is 0 Å². The number of carbonyl (C=O) groups excluding carboxylic acids is 2. The van der Waals surface area contributed by atoms with E-state index in [9.17, 15) is 9.59 Å². The third kappa shape index (κ3) is 4.77. The second-order valence-corrected chi connectivity index (χ2v) is 7.16. The van der Waals surface area contributed by atoms with Crippen LogP contribution in [0.25, 0.3) is 0 Å². The molecular formula is C16H22N2O2S. The first-order chi connectivity index (χ1) is 10.1. The Morgan fingerprint density at radius 3 is 2.33 bits per heavy atom. The summed E-state index contributed by atoms with van der Waals surface area (Å²) >= 11 is 1.82. The topological polar surface area (TPSA) is 40.6 Å². The predicted octanol–water partition coefficient (Wildman–Crippen LogP) is 2.03. The molecule has 0 N–H and O–H groups in total. The Morgan fingerprint density at radius 1 is 1.19 bits per heavy atom. The maximum atomic E-state index is 12.2. The quantitative estimate of drug-likeness (QED) is 0.617. The summed E-state index contributed by atoms with van der Waals surface area (Å²) in [5.41, 5.74) is 1.05. The second kappa shape index (κ2) is 7.50. The van der Waals surface area contributed by atoms with Crippen molar-refractivity contribution in [3.8, 4) is 0 Å². The Hall–Kier alpha value is -1.49. The smallest absolute Gasteiger partial charge is 0.227 e. The number of hydrogen-bond donors (Lipinski definition) is 0. The van der Waals surface area contributed by atoms with E-state index in [2.05, 4.69) is 26.0 Å². The van der Waals surface area contributed by atoms with Crippen LogP contribution in [0.3, 0.4) is 0 Å². The largest absolute Gasteiger partial charge is 0.342 e. The normalized spacial score (nSPS) is 15.4. The van der Waals surface area contributed by atoms with Gasteiger partial charge >= 0.3 is 0 Å². The van der Waals surface area contributed by atoms with Crippen LogP contribution in [-0.4, -0.2) is 53.5 Å². The standard InChI is InChI=1S/C16H22N2O2S/c1-13(2)21-15-5-3-14(4-6-15)11-16(20)18-9-7-17(12-19)8-10-18/h3-6,12-13H,7-11H2,1-2H3. The minimum atomic E-state index is 0.143. The van der Waals surface area contributed by atoms with Gasteiger partial charge in [-0.3, -0.25) is 9.59 Å². The van der Waals surface area contributed by atoms with Crippen molar-refractivity contribution >= 4 is 24.1 Å². The van der Waals surface area contributed by atoms with Crippen LogP contribution >= 0.6 is 11.8 Å². The van der Waals surface area contributed by atoms with Gasteiger partial charge in [-0.2, -0.15) is 0 Å². The Labute approximate surface area is 130 Å². The van der Waals surface area contributed by atoms with Crippen LogP contribution in [0.15, 0.2) is 29.2 Å². The van der Waals surface area contributed by atoms with Gasteiger partial charge in [-0.1, -0.05) is 26.0 Å². The van der Waals surface area contributed by atoms with Crippen LogP contribution in [0.4, 0.5) is 0 Å². The Morgan fingerprint density at radius 2 is 1.81 bits per heavy atom. The fourth-order valence-electron chi connectivity index (χ4n) is 2.32. The van der Waals surface area contributed by atoms with Crippen molar-refractivity contribution in [2.24, 2.45) is 0 Å². The first kappa shape index (κ1) is 15.9. The summed E-state index contributed by atoms with van der Waals surface area (Å²) in [7, 11) is 0. The third-order valence-corrected chi connectivity index (χ3v) is 4.48. The Balaban J connectivity index is 1.86. The zero-order valence-electron chi connectivity index (χ0n) is 12.6. The van der Waals surface area contributed by atoms with E-state index in [1.807, 2.05) is 28.8 Å². The van der Waals surface area contributed by atoms with Gasteiger partial charge in [-0.05, 0) is 17.7 Å². The van der Waals surface area contributed by atoms with E-state index in [0.717, 1.165) is 12.0 Å². The van der Waals surface area contributed by atoms with E-state index in [1.165, 1.54) is 4.90 Å². The number of piperazine rings is 1. The van der Waals surface area contributed by atoms with E-state index in [1.54, 1.807) is 4.90 Å². The summed E-state index contributed by atoms with van der Waals surface area (Å²) in [6, 6.07) is 8.23. The van der Waals surface area contributed by atoms with E-state index in [4.69, 9.17) is 0 Å². The molecule has 21 heavy (non-hydrogen) atoms. The molecule has 4 nitrogen and oxygen atoms in total. The lowest BCUT2D eigenvalue weighted by atomic mass is 10.1. The molecule has 1 aliphatic heterocycles. The minimum Gasteiger partial charge on any atom is -0.342 e. The van der Waals surface area contributed by atoms with Gasteiger partial charge in [0.15, 0.2) is 0 Å². The molecule has 0 spiro atoms. The monoisotopic (exact) mass is 306 g/mol. The Bertz CT molecular complexity index is 480. The lowest BCUT2D eigenvalue weighted by molar-refractivity contribution is -0.134. The number of amides is 2. The summed E-state index contributed by atoms with van der Waals surface area (Å²) < 4.78 is 0. The summed E-state index contributed by atoms with van der Waals surface area (Å²) in [6.07, 6.45) is 1.29. The molecule has 1 aromatic rings. The molecule has 0 unspecified atom stereocenters. The lowest BCUT2D eigenvalue weighted by Gasteiger charge is -2.32. The fourth-order valence-corrected chi connectivity index (χ4v) is 3.16. The molecule has 2 amide bonds. The van der Waals surface area contributed by atoms with Crippen molar-refractivity contribution in [1.82, 2.24) is 9.80 Å². The van der Waals surface area contributed by atoms with Gasteiger partial charge in [0.2, 0.25) is 12.3 Å². The summed E-state index contributed by atoms with van der Waals surface area (Å²) in [5.74, 6) is 0.143. The zero-order chi connectivity index (χ0) is 15.2. The first-order valence-electron chi connectivity index (χ1n) is 7.31. The predicted molar refractivity (Wildman–Crippen MR) is 85.4 cm³/mol. The van der Waals surface area contributed by atoms with Gasteiger partial charge in [0, 0.05) is 36.3 Å². The van der Waals surface area contributed by atoms with Gasteiger partial charge in [-0.15, -0.1) is 11.8 Å². The van der Waals surface area contributed by atoms with Crippen molar-refractivity contribution in [2.75, 3.05) is 26.2 Å². The minimum absolute atomic E-state index is 0.143. The molecule has 0 bridgehead atoms. The molecule has 0 saturated carbocycles. The highest BCUT2D eigenvalue weighted by atomic mass is 32.2. The molecule has 0 atom stereocenters. The van der Waals surface area contributed by atoms with Gasteiger partial charge in [0.1, 0.15) is 0 Å². The number of thioether (sulfide) groups is 1. The molecule has 2 rings (SSSR count). The molecule has 1 aliphatic rings. The SMILES string of the molecule is CC(C)Sc1ccc(CC(=O)N2CCN(C=O)CC2)cc1. The highest BCUT2D eigenvalue weighted by Crippen LogP contribution is 2.23. The van der Waals surface area contributed by atoms with Crippen molar-refractivity contribution in [1.29, 1.82) is 0 Å². The lowest BCUT2D eigenvalue weighted by Crippen LogP contribution is -2.48. The molecule has 114 valence electrons. The first-order valence-corrected chi connectivity index (χ1v) is 8.19. The highest BCUT2D eigenvalue weighted by Gasteiger charge is 2.20. The molecular weight excluding hydrogens is 284 g/mol. The van der Waals surface area contributed by atoms with Crippen molar-refractivity contribution < 1.29 is 9.59 Å². The molecule has 0 aliphatic carbocycles. The number of benzene rings is 1. The molecule has 1 aromatic carbocycles. The number of rotatable bonds is 5. The second-order valence-electron chi connectivity index (χ2n) is 5.51. The molecule has 0 aromatic heterocycles. The van der Waals surface area contributed by atoms with Crippen molar-refractivity contribution in [2.45, 2.75) is 30.4 Å². The van der Waals surface area contributed by atoms with Crippen molar-refractivity contribution in [3.05, 3.63) is 29.8 Å². The Kier molecular flexibility index (Phi) is 5.67. The number of hydrogen-bond acceptors (Lipinski definition) is 3. The van der Waals surface area contributed by atoms with Crippen LogP contribution in [0.1, 0.15) is 19.4 Å². The number of carbonyl (C=O) groups is 2. The van der Waals surface area contributed by atoms with E-state index in [0.29, 0.717) is 37.8 Å². The van der Waals surface area contributed by atoms with E-state index in [-0.39, 0.29) is 5.91 Å². The van der Waals surface area contributed by atoms with Gasteiger partial charge < -0.3 is 9.80 Å². The fraction of sp³-hybridized carbons (Fsp3) is 0.500. The van der Waals surface area contributed by atoms with Crippen molar-refractivity contribution in [3.63, 3.8) is 0 Å². The molecule has 1 heterocycles.